The van der Waals surface area contributed by atoms with Gasteiger partial charge < -0.3 is 18.9 Å². The predicted octanol–water partition coefficient (Wildman–Crippen LogP) is 5.54. The number of unbranched alkanes of at least 4 members (excludes halogenated alkanes) is 3. The van der Waals surface area contributed by atoms with Crippen molar-refractivity contribution in [2.45, 2.75) is 91.9 Å². The van der Waals surface area contributed by atoms with Crippen LogP contribution in [-0.2, 0) is 19.1 Å². The van der Waals surface area contributed by atoms with Gasteiger partial charge in [0, 0.05) is 19.3 Å². The maximum Gasteiger partial charge on any atom is 0.338 e. The number of rotatable bonds is 15. The molecule has 8 heteroatoms. The summed E-state index contributed by atoms with van der Waals surface area (Å²) in [7, 11) is 0. The van der Waals surface area contributed by atoms with E-state index in [-0.39, 0.29) is 48.7 Å². The third-order valence-corrected chi connectivity index (χ3v) is 4.56. The Bertz CT molecular complexity index is 757. The maximum atomic E-state index is 12.5. The van der Waals surface area contributed by atoms with Gasteiger partial charge in [-0.25, -0.2) is 4.79 Å². The molecule has 0 heterocycles. The average molecular weight is 465 g/mol. The SMILES string of the molecule is CCCCC(=O)Oc1cc(C(=O)OCCC)cc(OC(=O)CCCC)c1OC(=O)CCCC. The monoisotopic (exact) mass is 464 g/mol. The first-order valence-electron chi connectivity index (χ1n) is 11.8. The molecular weight excluding hydrogens is 428 g/mol. The number of carbonyl (C=O) groups is 4. The van der Waals surface area contributed by atoms with Crippen molar-refractivity contribution in [1.82, 2.24) is 0 Å². The fourth-order valence-electron chi connectivity index (χ4n) is 2.70. The Labute approximate surface area is 195 Å². The van der Waals surface area contributed by atoms with Gasteiger partial charge in [0.1, 0.15) is 0 Å². The molecular formula is C25H36O8. The summed E-state index contributed by atoms with van der Waals surface area (Å²) in [6, 6.07) is 2.54. The molecule has 0 saturated heterocycles. The van der Waals surface area contributed by atoms with Gasteiger partial charge in [-0.05, 0) is 37.8 Å². The molecule has 0 bridgehead atoms. The minimum absolute atomic E-state index is 0.0217. The molecule has 184 valence electrons. The van der Waals surface area contributed by atoms with E-state index in [1.165, 1.54) is 12.1 Å². The summed E-state index contributed by atoms with van der Waals surface area (Å²) in [5.74, 6) is -2.85. The van der Waals surface area contributed by atoms with Crippen molar-refractivity contribution in [2.75, 3.05) is 6.61 Å². The van der Waals surface area contributed by atoms with Gasteiger partial charge in [-0.3, -0.25) is 14.4 Å². The first-order chi connectivity index (χ1) is 15.9. The smallest absolute Gasteiger partial charge is 0.338 e. The summed E-state index contributed by atoms with van der Waals surface area (Å²) in [5.41, 5.74) is 0.0217. The van der Waals surface area contributed by atoms with Crippen LogP contribution in [0.5, 0.6) is 17.2 Å². The second kappa shape index (κ2) is 15.8. The molecule has 1 aromatic carbocycles. The summed E-state index contributed by atoms with van der Waals surface area (Å²) in [4.78, 5) is 49.5. The van der Waals surface area contributed by atoms with Crippen LogP contribution in [0.1, 0.15) is 102 Å². The Balaban J connectivity index is 3.42. The second-order valence-corrected chi connectivity index (χ2v) is 7.67. The summed E-state index contributed by atoms with van der Waals surface area (Å²) < 4.78 is 21.5. The van der Waals surface area contributed by atoms with Crippen LogP contribution in [0.2, 0.25) is 0 Å². The molecule has 0 aliphatic heterocycles. The van der Waals surface area contributed by atoms with Gasteiger partial charge in [-0.2, -0.15) is 0 Å². The molecule has 0 saturated carbocycles. The van der Waals surface area contributed by atoms with E-state index in [4.69, 9.17) is 18.9 Å². The van der Waals surface area contributed by atoms with Crippen molar-refractivity contribution in [3.05, 3.63) is 17.7 Å². The van der Waals surface area contributed by atoms with Crippen LogP contribution in [0.4, 0.5) is 0 Å². The van der Waals surface area contributed by atoms with Crippen LogP contribution >= 0.6 is 0 Å². The van der Waals surface area contributed by atoms with E-state index in [9.17, 15) is 19.2 Å². The lowest BCUT2D eigenvalue weighted by molar-refractivity contribution is -0.138. The minimum atomic E-state index is -0.669. The molecule has 0 spiro atoms. The lowest BCUT2D eigenvalue weighted by Crippen LogP contribution is -2.16. The fourth-order valence-corrected chi connectivity index (χ4v) is 2.70. The van der Waals surface area contributed by atoms with Crippen molar-refractivity contribution < 1.29 is 38.1 Å². The van der Waals surface area contributed by atoms with E-state index in [1.807, 2.05) is 27.7 Å². The highest BCUT2D eigenvalue weighted by Gasteiger charge is 2.25. The molecule has 0 radical (unpaired) electrons. The van der Waals surface area contributed by atoms with E-state index >= 15 is 0 Å². The molecule has 0 atom stereocenters. The number of carbonyl (C=O) groups excluding carboxylic acids is 4. The highest BCUT2D eigenvalue weighted by Crippen LogP contribution is 2.40. The molecule has 8 nitrogen and oxygen atoms in total. The standard InChI is InChI=1S/C25H36O8/c1-5-9-12-21(26)31-19-16-18(25(29)30-15-8-4)17-20(32-22(27)13-10-6-2)24(19)33-23(28)14-11-7-3/h16-17H,5-15H2,1-4H3. The van der Waals surface area contributed by atoms with Crippen LogP contribution < -0.4 is 14.2 Å². The van der Waals surface area contributed by atoms with Crippen LogP contribution in [0.25, 0.3) is 0 Å². The van der Waals surface area contributed by atoms with Crippen molar-refractivity contribution in [3.8, 4) is 17.2 Å². The van der Waals surface area contributed by atoms with Crippen LogP contribution in [0.15, 0.2) is 12.1 Å². The molecule has 0 aromatic heterocycles. The zero-order valence-corrected chi connectivity index (χ0v) is 20.2. The van der Waals surface area contributed by atoms with Gasteiger partial charge in [0.15, 0.2) is 11.5 Å². The Kier molecular flexibility index (Phi) is 13.5. The molecule has 1 rings (SSSR count). The van der Waals surface area contributed by atoms with Crippen LogP contribution in [-0.4, -0.2) is 30.5 Å². The topological polar surface area (TPSA) is 105 Å². The Hall–Kier alpha value is -2.90. The Morgan fingerprint density at radius 1 is 0.636 bits per heavy atom. The minimum Gasteiger partial charge on any atom is -0.462 e. The number of hydrogen-bond acceptors (Lipinski definition) is 8. The maximum absolute atomic E-state index is 12.5. The third-order valence-electron chi connectivity index (χ3n) is 4.56. The number of hydrogen-bond donors (Lipinski definition) is 0. The van der Waals surface area contributed by atoms with Crippen LogP contribution in [0, 0.1) is 0 Å². The summed E-state index contributed by atoms with van der Waals surface area (Å²) in [6.07, 6.45) is 5.26. The zero-order chi connectivity index (χ0) is 24.6. The van der Waals surface area contributed by atoms with E-state index in [0.717, 1.165) is 19.3 Å². The highest BCUT2D eigenvalue weighted by molar-refractivity contribution is 5.92. The first kappa shape index (κ1) is 28.1. The molecule has 0 amide bonds. The van der Waals surface area contributed by atoms with Gasteiger partial charge in [-0.1, -0.05) is 47.0 Å². The molecule has 0 N–H and O–H groups in total. The highest BCUT2D eigenvalue weighted by atomic mass is 16.6. The number of benzene rings is 1. The molecule has 0 unspecified atom stereocenters. The van der Waals surface area contributed by atoms with Crippen molar-refractivity contribution in [3.63, 3.8) is 0 Å². The lowest BCUT2D eigenvalue weighted by atomic mass is 10.1. The fraction of sp³-hybridized carbons (Fsp3) is 0.600. The van der Waals surface area contributed by atoms with Gasteiger partial charge in [0.2, 0.25) is 5.75 Å². The summed E-state index contributed by atoms with van der Waals surface area (Å²) in [6.45, 7) is 7.86. The van der Waals surface area contributed by atoms with Crippen LogP contribution in [0.3, 0.4) is 0 Å². The van der Waals surface area contributed by atoms with E-state index in [1.54, 1.807) is 0 Å². The van der Waals surface area contributed by atoms with E-state index in [0.29, 0.717) is 25.7 Å². The summed E-state index contributed by atoms with van der Waals surface area (Å²) >= 11 is 0. The Morgan fingerprint density at radius 2 is 1.06 bits per heavy atom. The van der Waals surface area contributed by atoms with Gasteiger partial charge >= 0.3 is 23.9 Å². The third kappa shape index (κ3) is 10.5. The van der Waals surface area contributed by atoms with Gasteiger partial charge in [-0.15, -0.1) is 0 Å². The largest absolute Gasteiger partial charge is 0.462 e. The molecule has 1 aromatic rings. The molecule has 0 aliphatic carbocycles. The first-order valence-corrected chi connectivity index (χ1v) is 11.8. The van der Waals surface area contributed by atoms with E-state index in [2.05, 4.69) is 0 Å². The predicted molar refractivity (Wildman–Crippen MR) is 122 cm³/mol. The van der Waals surface area contributed by atoms with Gasteiger partial charge in [0.25, 0.3) is 0 Å². The average Bonchev–Trinajstić information content (AvgIpc) is 2.80. The lowest BCUT2D eigenvalue weighted by Gasteiger charge is -2.16. The quantitative estimate of drug-likeness (QED) is 0.246. The zero-order valence-electron chi connectivity index (χ0n) is 20.2. The normalized spacial score (nSPS) is 10.4. The van der Waals surface area contributed by atoms with Crippen molar-refractivity contribution in [2.24, 2.45) is 0 Å². The number of ether oxygens (including phenoxy) is 4. The molecule has 33 heavy (non-hydrogen) atoms. The molecule has 0 fully saturated rings. The van der Waals surface area contributed by atoms with Crippen molar-refractivity contribution >= 4 is 23.9 Å². The van der Waals surface area contributed by atoms with E-state index < -0.39 is 23.9 Å². The second-order valence-electron chi connectivity index (χ2n) is 7.67. The summed E-state index contributed by atoms with van der Waals surface area (Å²) in [5, 5.41) is 0. The Morgan fingerprint density at radius 3 is 1.45 bits per heavy atom. The van der Waals surface area contributed by atoms with Gasteiger partial charge in [0.05, 0.1) is 12.2 Å². The van der Waals surface area contributed by atoms with Crippen molar-refractivity contribution in [1.29, 1.82) is 0 Å². The molecule has 0 aliphatic rings. The number of esters is 4.